The minimum Gasteiger partial charge on any atom is -0.378 e. The van der Waals surface area contributed by atoms with Crippen LogP contribution in [0.15, 0.2) is 24.4 Å². The third-order valence-corrected chi connectivity index (χ3v) is 5.80. The lowest BCUT2D eigenvalue weighted by molar-refractivity contribution is -0.120. The lowest BCUT2D eigenvalue weighted by atomic mass is 10.0. The average Bonchev–Trinajstić information content (AvgIpc) is 3.45. The minimum absolute atomic E-state index is 0.0131. The highest BCUT2D eigenvalue weighted by Gasteiger charge is 2.28. The number of carbonyl (C=O) groups excluding carboxylic acids is 1. The highest BCUT2D eigenvalue weighted by molar-refractivity contribution is 6.03. The van der Waals surface area contributed by atoms with Crippen LogP contribution in [0.5, 0.6) is 0 Å². The Kier molecular flexibility index (Phi) is 4.44. The van der Waals surface area contributed by atoms with Crippen LogP contribution in [0, 0.1) is 11.3 Å². The molecule has 0 spiro atoms. The summed E-state index contributed by atoms with van der Waals surface area (Å²) in [4.78, 5) is 21.9. The Morgan fingerprint density at radius 1 is 1.34 bits per heavy atom. The predicted molar refractivity (Wildman–Crippen MR) is 108 cm³/mol. The summed E-state index contributed by atoms with van der Waals surface area (Å²) in [7, 11) is 0. The number of nitriles is 1. The molecule has 0 bridgehead atoms. The SMILES string of the molecule is C[C@@H]1CC(n2c(CC(=O)NC3CC3)nc3cnc4ccc(C#N)cc4c32)CCO1. The van der Waals surface area contributed by atoms with Gasteiger partial charge in [-0.05, 0) is 50.8 Å². The Labute approximate surface area is 168 Å². The van der Waals surface area contributed by atoms with Crippen molar-refractivity contribution in [1.82, 2.24) is 19.9 Å². The minimum atomic E-state index is 0.0131. The number of rotatable bonds is 4. The van der Waals surface area contributed by atoms with Crippen LogP contribution in [0.3, 0.4) is 0 Å². The number of amides is 1. The number of fused-ring (bicyclic) bond motifs is 3. The Hall–Kier alpha value is -2.98. The number of ether oxygens (including phenoxy) is 1. The largest absolute Gasteiger partial charge is 0.378 e. The molecule has 1 aliphatic heterocycles. The predicted octanol–water partition coefficient (Wildman–Crippen LogP) is 3.02. The second-order valence-electron chi connectivity index (χ2n) is 8.11. The molecule has 3 heterocycles. The number of carbonyl (C=O) groups is 1. The Bertz CT molecular complexity index is 1140. The van der Waals surface area contributed by atoms with Crippen molar-refractivity contribution in [1.29, 1.82) is 5.26 Å². The van der Waals surface area contributed by atoms with E-state index in [-0.39, 0.29) is 24.5 Å². The Morgan fingerprint density at radius 2 is 2.21 bits per heavy atom. The van der Waals surface area contributed by atoms with Gasteiger partial charge in [0.05, 0.1) is 41.4 Å². The van der Waals surface area contributed by atoms with E-state index < -0.39 is 0 Å². The van der Waals surface area contributed by atoms with Gasteiger partial charge in [0.1, 0.15) is 11.3 Å². The molecular formula is C22H23N5O2. The van der Waals surface area contributed by atoms with Crippen LogP contribution >= 0.6 is 0 Å². The first-order valence-corrected chi connectivity index (χ1v) is 10.2. The van der Waals surface area contributed by atoms with E-state index in [0.717, 1.165) is 53.4 Å². The quantitative estimate of drug-likeness (QED) is 0.740. The van der Waals surface area contributed by atoms with Crippen molar-refractivity contribution in [2.75, 3.05) is 6.61 Å². The van der Waals surface area contributed by atoms with E-state index in [2.05, 4.69) is 27.9 Å². The van der Waals surface area contributed by atoms with Gasteiger partial charge in [-0.1, -0.05) is 0 Å². The molecule has 0 radical (unpaired) electrons. The summed E-state index contributed by atoms with van der Waals surface area (Å²) in [5.74, 6) is 0.771. The summed E-state index contributed by atoms with van der Waals surface area (Å²) in [5, 5.41) is 13.3. The van der Waals surface area contributed by atoms with Crippen molar-refractivity contribution < 1.29 is 9.53 Å². The monoisotopic (exact) mass is 389 g/mol. The summed E-state index contributed by atoms with van der Waals surface area (Å²) in [5.41, 5.74) is 3.14. The smallest absolute Gasteiger partial charge is 0.227 e. The molecule has 1 saturated heterocycles. The summed E-state index contributed by atoms with van der Waals surface area (Å²) < 4.78 is 7.97. The third kappa shape index (κ3) is 3.45. The fourth-order valence-electron chi connectivity index (χ4n) is 4.27. The number of hydrogen-bond donors (Lipinski definition) is 1. The van der Waals surface area contributed by atoms with Crippen molar-refractivity contribution in [3.05, 3.63) is 35.8 Å². The van der Waals surface area contributed by atoms with Gasteiger partial charge in [-0.15, -0.1) is 0 Å². The summed E-state index contributed by atoms with van der Waals surface area (Å²) >= 11 is 0. The molecule has 5 rings (SSSR count). The van der Waals surface area contributed by atoms with E-state index in [1.807, 2.05) is 12.1 Å². The fourth-order valence-corrected chi connectivity index (χ4v) is 4.27. The molecule has 2 atom stereocenters. The van der Waals surface area contributed by atoms with Gasteiger partial charge in [0.15, 0.2) is 0 Å². The molecule has 148 valence electrons. The Morgan fingerprint density at radius 3 is 2.97 bits per heavy atom. The second kappa shape index (κ2) is 7.12. The van der Waals surface area contributed by atoms with Crippen LogP contribution in [0.1, 0.15) is 50.0 Å². The maximum Gasteiger partial charge on any atom is 0.227 e. The van der Waals surface area contributed by atoms with E-state index in [1.165, 1.54) is 0 Å². The molecule has 7 nitrogen and oxygen atoms in total. The molecule has 1 aliphatic carbocycles. The van der Waals surface area contributed by atoms with Crippen molar-refractivity contribution in [2.24, 2.45) is 0 Å². The molecule has 1 unspecified atom stereocenters. The van der Waals surface area contributed by atoms with Gasteiger partial charge in [0.2, 0.25) is 5.91 Å². The Balaban J connectivity index is 1.68. The first-order chi connectivity index (χ1) is 14.1. The second-order valence-corrected chi connectivity index (χ2v) is 8.11. The van der Waals surface area contributed by atoms with Crippen LogP contribution in [0.25, 0.3) is 21.9 Å². The van der Waals surface area contributed by atoms with Crippen LogP contribution in [-0.4, -0.2) is 39.2 Å². The topological polar surface area (TPSA) is 92.8 Å². The van der Waals surface area contributed by atoms with Crippen LogP contribution < -0.4 is 5.32 Å². The lowest BCUT2D eigenvalue weighted by Crippen LogP contribution is -2.30. The molecule has 1 amide bonds. The van der Waals surface area contributed by atoms with Gasteiger partial charge in [-0.2, -0.15) is 5.26 Å². The van der Waals surface area contributed by atoms with Gasteiger partial charge >= 0.3 is 0 Å². The zero-order valence-electron chi connectivity index (χ0n) is 16.4. The molecule has 2 aromatic heterocycles. The number of imidazole rings is 1. The summed E-state index contributed by atoms with van der Waals surface area (Å²) in [6.45, 7) is 2.77. The van der Waals surface area contributed by atoms with E-state index in [4.69, 9.17) is 9.72 Å². The molecule has 29 heavy (non-hydrogen) atoms. The van der Waals surface area contributed by atoms with Crippen molar-refractivity contribution in [2.45, 2.75) is 57.2 Å². The first-order valence-electron chi connectivity index (χ1n) is 10.2. The molecule has 3 aromatic rings. The van der Waals surface area contributed by atoms with E-state index >= 15 is 0 Å². The van der Waals surface area contributed by atoms with E-state index in [0.29, 0.717) is 18.2 Å². The van der Waals surface area contributed by atoms with Gasteiger partial charge in [0, 0.05) is 24.1 Å². The number of aromatic nitrogens is 3. The summed E-state index contributed by atoms with van der Waals surface area (Å²) in [6, 6.07) is 8.26. The average molecular weight is 389 g/mol. The molecular weight excluding hydrogens is 366 g/mol. The van der Waals surface area contributed by atoms with Crippen molar-refractivity contribution in [3.63, 3.8) is 0 Å². The van der Waals surface area contributed by atoms with E-state index in [9.17, 15) is 10.1 Å². The zero-order chi connectivity index (χ0) is 20.0. The third-order valence-electron chi connectivity index (χ3n) is 5.80. The molecule has 1 aromatic carbocycles. The van der Waals surface area contributed by atoms with E-state index in [1.54, 1.807) is 12.3 Å². The van der Waals surface area contributed by atoms with Crippen molar-refractivity contribution in [3.8, 4) is 6.07 Å². The number of hydrogen-bond acceptors (Lipinski definition) is 5. The molecule has 1 saturated carbocycles. The molecule has 2 fully saturated rings. The summed E-state index contributed by atoms with van der Waals surface area (Å²) in [6.07, 6.45) is 6.03. The van der Waals surface area contributed by atoms with Gasteiger partial charge in [-0.25, -0.2) is 4.98 Å². The maximum atomic E-state index is 12.6. The number of nitrogens with zero attached hydrogens (tertiary/aromatic N) is 4. The van der Waals surface area contributed by atoms with Crippen LogP contribution in [-0.2, 0) is 16.0 Å². The molecule has 2 aliphatic rings. The van der Waals surface area contributed by atoms with Gasteiger partial charge in [-0.3, -0.25) is 9.78 Å². The molecule has 7 heteroatoms. The van der Waals surface area contributed by atoms with Gasteiger partial charge < -0.3 is 14.6 Å². The fraction of sp³-hybridized carbons (Fsp3) is 0.455. The van der Waals surface area contributed by atoms with Gasteiger partial charge in [0.25, 0.3) is 0 Å². The van der Waals surface area contributed by atoms with Crippen LogP contribution in [0.2, 0.25) is 0 Å². The maximum absolute atomic E-state index is 12.6. The van der Waals surface area contributed by atoms with Crippen molar-refractivity contribution >= 4 is 27.8 Å². The normalized spacial score (nSPS) is 21.9. The number of benzene rings is 1. The highest BCUT2D eigenvalue weighted by Crippen LogP contribution is 2.34. The zero-order valence-corrected chi connectivity index (χ0v) is 16.4. The number of nitrogens with one attached hydrogen (secondary N) is 1. The number of pyridine rings is 1. The van der Waals surface area contributed by atoms with Crippen LogP contribution in [0.4, 0.5) is 0 Å². The highest BCUT2D eigenvalue weighted by atomic mass is 16.5. The molecule has 1 N–H and O–H groups in total. The lowest BCUT2D eigenvalue weighted by Gasteiger charge is -2.30. The standard InChI is InChI=1S/C22H23N5O2/c1-13-8-16(6-7-29-13)27-20(10-21(28)25-15-3-4-15)26-19-12-24-18-5-2-14(11-23)9-17(18)22(19)27/h2,5,9,12-13,15-16H,3-4,6-8,10H2,1H3,(H,25,28)/t13-,16?/m1/s1. The first kappa shape index (κ1) is 18.1.